The second-order valence-corrected chi connectivity index (χ2v) is 8.33. The van der Waals surface area contributed by atoms with E-state index in [2.05, 4.69) is 60.4 Å². The van der Waals surface area contributed by atoms with Gasteiger partial charge >= 0.3 is 0 Å². The molecule has 31 heavy (non-hydrogen) atoms. The first-order chi connectivity index (χ1) is 15.1. The Balaban J connectivity index is 1.44. The summed E-state index contributed by atoms with van der Waals surface area (Å²) in [5.74, 6) is -0.218. The van der Waals surface area contributed by atoms with Gasteiger partial charge in [-0.3, -0.25) is 4.90 Å². The van der Waals surface area contributed by atoms with E-state index < -0.39 is 0 Å². The molecule has 0 saturated carbocycles. The van der Waals surface area contributed by atoms with Crippen molar-refractivity contribution in [2.24, 2.45) is 0 Å². The molecule has 0 radical (unpaired) electrons. The Morgan fingerprint density at radius 2 is 1.61 bits per heavy atom. The van der Waals surface area contributed by atoms with Crippen LogP contribution >= 0.6 is 0 Å². The summed E-state index contributed by atoms with van der Waals surface area (Å²) in [6.45, 7) is 3.88. The number of nitrogens with zero attached hydrogens (tertiary/aromatic N) is 1. The van der Waals surface area contributed by atoms with Crippen LogP contribution < -0.4 is 0 Å². The zero-order chi connectivity index (χ0) is 21.7. The number of ether oxygens (including phenoxy) is 1. The van der Waals surface area contributed by atoms with Gasteiger partial charge in [-0.05, 0) is 60.6 Å². The zero-order valence-electron chi connectivity index (χ0n) is 18.0. The van der Waals surface area contributed by atoms with Gasteiger partial charge < -0.3 is 9.84 Å². The molecule has 1 aliphatic rings. The number of aliphatic hydroxyl groups excluding tert-OH is 1. The Morgan fingerprint density at radius 3 is 2.19 bits per heavy atom. The van der Waals surface area contributed by atoms with Crippen molar-refractivity contribution >= 4 is 0 Å². The van der Waals surface area contributed by atoms with Crippen LogP contribution in [0.15, 0.2) is 78.9 Å². The molecule has 0 aliphatic carbocycles. The molecule has 1 saturated heterocycles. The molecule has 2 atom stereocenters. The number of halogens is 1. The summed E-state index contributed by atoms with van der Waals surface area (Å²) in [6, 6.07) is 25.7. The van der Waals surface area contributed by atoms with Crippen LogP contribution in [0.25, 0.3) is 11.1 Å². The van der Waals surface area contributed by atoms with Gasteiger partial charge in [0.1, 0.15) is 12.5 Å². The van der Waals surface area contributed by atoms with Crippen molar-refractivity contribution in [3.63, 3.8) is 0 Å². The number of aliphatic hydroxyl groups is 1. The van der Waals surface area contributed by atoms with Crippen molar-refractivity contribution in [1.82, 2.24) is 4.90 Å². The van der Waals surface area contributed by atoms with Crippen LogP contribution in [0.5, 0.6) is 0 Å². The maximum absolute atomic E-state index is 13.2. The first-order valence-corrected chi connectivity index (χ1v) is 11.0. The van der Waals surface area contributed by atoms with Gasteiger partial charge in [-0.1, -0.05) is 66.7 Å². The molecule has 0 bridgehead atoms. The minimum absolute atomic E-state index is 0.179. The van der Waals surface area contributed by atoms with Crippen LogP contribution in [0.1, 0.15) is 43.4 Å². The smallest absolute Gasteiger partial charge is 0.123 e. The van der Waals surface area contributed by atoms with Crippen LogP contribution in [-0.2, 0) is 10.3 Å². The zero-order valence-corrected chi connectivity index (χ0v) is 18.0. The highest BCUT2D eigenvalue weighted by molar-refractivity contribution is 5.63. The van der Waals surface area contributed by atoms with E-state index in [1.165, 1.54) is 23.3 Å². The third kappa shape index (κ3) is 4.87. The molecule has 4 heteroatoms. The summed E-state index contributed by atoms with van der Waals surface area (Å²) in [6.07, 6.45) is 2.45. The van der Waals surface area contributed by atoms with E-state index in [9.17, 15) is 9.50 Å². The predicted molar refractivity (Wildman–Crippen MR) is 122 cm³/mol. The first-order valence-electron chi connectivity index (χ1n) is 11.0. The van der Waals surface area contributed by atoms with Gasteiger partial charge in [0.15, 0.2) is 0 Å². The molecule has 4 rings (SSSR count). The standard InChI is InChI=1S/C27H30FNO2/c1-21(22-8-10-23(11-9-22)24-12-14-26(28)15-13-24)29-18-17-27(31-20-29,16-5-19-30)25-6-3-2-4-7-25/h2-4,6-15,21,30H,5,16-20H2,1H3/t21-,27+/m0/s1. The van der Waals surface area contributed by atoms with Crippen molar-refractivity contribution in [3.05, 3.63) is 95.8 Å². The lowest BCUT2D eigenvalue weighted by molar-refractivity contribution is -0.159. The molecule has 1 heterocycles. The molecule has 1 aliphatic heterocycles. The molecule has 0 aromatic heterocycles. The summed E-state index contributed by atoms with van der Waals surface area (Å²) in [5, 5.41) is 9.38. The van der Waals surface area contributed by atoms with E-state index in [-0.39, 0.29) is 24.1 Å². The fourth-order valence-electron chi connectivity index (χ4n) is 4.46. The molecular formula is C27H30FNO2. The summed E-state index contributed by atoms with van der Waals surface area (Å²) >= 11 is 0. The summed E-state index contributed by atoms with van der Waals surface area (Å²) < 4.78 is 19.7. The molecule has 0 unspecified atom stereocenters. The van der Waals surface area contributed by atoms with E-state index >= 15 is 0 Å². The highest BCUT2D eigenvalue weighted by Gasteiger charge is 2.38. The van der Waals surface area contributed by atoms with Crippen molar-refractivity contribution in [2.45, 2.75) is 37.8 Å². The average Bonchev–Trinajstić information content (AvgIpc) is 2.84. The van der Waals surface area contributed by atoms with Gasteiger partial charge in [0.05, 0.1) is 5.60 Å². The van der Waals surface area contributed by atoms with E-state index in [1.54, 1.807) is 0 Å². The van der Waals surface area contributed by atoms with Crippen molar-refractivity contribution in [3.8, 4) is 11.1 Å². The molecule has 3 aromatic carbocycles. The van der Waals surface area contributed by atoms with E-state index in [0.717, 1.165) is 36.9 Å². The van der Waals surface area contributed by atoms with Crippen LogP contribution in [0, 0.1) is 5.82 Å². The maximum Gasteiger partial charge on any atom is 0.123 e. The SMILES string of the molecule is C[C@@H](c1ccc(-c2ccc(F)cc2)cc1)N1CC[C@](CCCO)(c2ccccc2)OC1. The van der Waals surface area contributed by atoms with Crippen LogP contribution in [0.2, 0.25) is 0 Å². The lowest BCUT2D eigenvalue weighted by Gasteiger charge is -2.44. The van der Waals surface area contributed by atoms with E-state index in [4.69, 9.17) is 4.74 Å². The summed E-state index contributed by atoms with van der Waals surface area (Å²) in [7, 11) is 0. The van der Waals surface area contributed by atoms with Gasteiger partial charge in [0, 0.05) is 19.2 Å². The van der Waals surface area contributed by atoms with E-state index in [0.29, 0.717) is 6.73 Å². The molecule has 0 amide bonds. The molecule has 1 N–H and O–H groups in total. The van der Waals surface area contributed by atoms with Crippen molar-refractivity contribution in [1.29, 1.82) is 0 Å². The molecule has 162 valence electrons. The molecular weight excluding hydrogens is 389 g/mol. The van der Waals surface area contributed by atoms with Crippen LogP contribution in [0.4, 0.5) is 4.39 Å². The number of benzene rings is 3. The Labute approximate surface area is 184 Å². The molecule has 1 fully saturated rings. The van der Waals surface area contributed by atoms with Gasteiger partial charge in [-0.15, -0.1) is 0 Å². The fourth-order valence-corrected chi connectivity index (χ4v) is 4.46. The third-order valence-electron chi connectivity index (χ3n) is 6.47. The Hall–Kier alpha value is -2.53. The monoisotopic (exact) mass is 419 g/mol. The van der Waals surface area contributed by atoms with Gasteiger partial charge in [0.2, 0.25) is 0 Å². The summed E-state index contributed by atoms with van der Waals surface area (Å²) in [4.78, 5) is 2.35. The predicted octanol–water partition coefficient (Wildman–Crippen LogP) is 5.90. The number of hydrogen-bond donors (Lipinski definition) is 1. The minimum atomic E-state index is -0.327. The lowest BCUT2D eigenvalue weighted by atomic mass is 9.84. The second-order valence-electron chi connectivity index (χ2n) is 8.33. The Bertz CT molecular complexity index is 949. The number of hydrogen-bond acceptors (Lipinski definition) is 3. The van der Waals surface area contributed by atoms with E-state index in [1.807, 2.05) is 18.2 Å². The highest BCUT2D eigenvalue weighted by atomic mass is 19.1. The van der Waals surface area contributed by atoms with Gasteiger partial charge in [0.25, 0.3) is 0 Å². The normalized spacial score (nSPS) is 20.5. The van der Waals surface area contributed by atoms with Crippen molar-refractivity contribution < 1.29 is 14.2 Å². The van der Waals surface area contributed by atoms with Gasteiger partial charge in [-0.2, -0.15) is 0 Å². The van der Waals surface area contributed by atoms with Crippen molar-refractivity contribution in [2.75, 3.05) is 19.9 Å². The third-order valence-corrected chi connectivity index (χ3v) is 6.47. The first kappa shape index (κ1) is 21.7. The maximum atomic E-state index is 13.2. The van der Waals surface area contributed by atoms with Crippen LogP contribution in [-0.4, -0.2) is 29.9 Å². The molecule has 3 aromatic rings. The molecule has 3 nitrogen and oxygen atoms in total. The largest absolute Gasteiger partial charge is 0.396 e. The van der Waals surface area contributed by atoms with Crippen LogP contribution in [0.3, 0.4) is 0 Å². The Morgan fingerprint density at radius 1 is 0.968 bits per heavy atom. The second kappa shape index (κ2) is 9.73. The quantitative estimate of drug-likeness (QED) is 0.517. The highest BCUT2D eigenvalue weighted by Crippen LogP contribution is 2.39. The Kier molecular flexibility index (Phi) is 6.81. The average molecular weight is 420 g/mol. The minimum Gasteiger partial charge on any atom is -0.396 e. The lowest BCUT2D eigenvalue weighted by Crippen LogP contribution is -2.45. The summed E-state index contributed by atoms with van der Waals surface area (Å²) in [5.41, 5.74) is 4.19. The van der Waals surface area contributed by atoms with Gasteiger partial charge in [-0.25, -0.2) is 4.39 Å². The fraction of sp³-hybridized carbons (Fsp3) is 0.333. The molecule has 0 spiro atoms. The topological polar surface area (TPSA) is 32.7 Å². The number of rotatable bonds is 7.